The molecule has 2 nitrogen and oxygen atoms in total. The summed E-state index contributed by atoms with van der Waals surface area (Å²) in [5, 5.41) is 3.85. The summed E-state index contributed by atoms with van der Waals surface area (Å²) in [6, 6.07) is 11.5. The van der Waals surface area contributed by atoms with Crippen molar-refractivity contribution in [1.82, 2.24) is 10.2 Å². The molecule has 2 heteroatoms. The van der Waals surface area contributed by atoms with Gasteiger partial charge in [0.25, 0.3) is 0 Å². The van der Waals surface area contributed by atoms with Gasteiger partial charge < -0.3 is 5.32 Å². The van der Waals surface area contributed by atoms with E-state index < -0.39 is 0 Å². The fourth-order valence-electron chi connectivity index (χ4n) is 3.65. The molecule has 1 aromatic rings. The zero-order chi connectivity index (χ0) is 12.4. The average Bonchev–Trinajstić information content (AvgIpc) is 2.83. The van der Waals surface area contributed by atoms with Crippen LogP contribution in [0, 0.1) is 0 Å². The molecule has 1 spiro atoms. The topological polar surface area (TPSA) is 15.3 Å². The highest BCUT2D eigenvalue weighted by molar-refractivity contribution is 5.16. The third-order valence-corrected chi connectivity index (χ3v) is 4.76. The molecule has 1 aromatic carbocycles. The van der Waals surface area contributed by atoms with E-state index in [0.29, 0.717) is 11.6 Å². The molecular formula is C16H24N2. The maximum Gasteiger partial charge on any atom is 0.0309 e. The number of hydrogen-bond acceptors (Lipinski definition) is 2. The number of rotatable bonds is 2. The van der Waals surface area contributed by atoms with Crippen LogP contribution in [0.2, 0.25) is 0 Å². The summed E-state index contributed by atoms with van der Waals surface area (Å²) in [7, 11) is 2.30. The van der Waals surface area contributed by atoms with Crippen LogP contribution in [0.3, 0.4) is 0 Å². The summed E-state index contributed by atoms with van der Waals surface area (Å²) in [6.45, 7) is 2.37. The van der Waals surface area contributed by atoms with E-state index in [-0.39, 0.29) is 0 Å². The summed E-state index contributed by atoms with van der Waals surface area (Å²) in [6.07, 6.45) is 6.72. The quantitative estimate of drug-likeness (QED) is 0.859. The van der Waals surface area contributed by atoms with Gasteiger partial charge in [-0.25, -0.2) is 0 Å². The Morgan fingerprint density at radius 2 is 1.94 bits per heavy atom. The van der Waals surface area contributed by atoms with Gasteiger partial charge in [-0.2, -0.15) is 0 Å². The van der Waals surface area contributed by atoms with Crippen LogP contribution in [0.4, 0.5) is 0 Å². The van der Waals surface area contributed by atoms with Crippen molar-refractivity contribution < 1.29 is 0 Å². The van der Waals surface area contributed by atoms with Gasteiger partial charge in [0.1, 0.15) is 0 Å². The first-order chi connectivity index (χ1) is 8.77. The number of hydrogen-bond donors (Lipinski definition) is 1. The van der Waals surface area contributed by atoms with Gasteiger partial charge in [-0.15, -0.1) is 0 Å². The Balaban J connectivity index is 1.62. The summed E-state index contributed by atoms with van der Waals surface area (Å²) in [5.41, 5.74) is 1.90. The minimum atomic E-state index is 0.446. The molecule has 1 saturated heterocycles. The Hall–Kier alpha value is -0.860. The van der Waals surface area contributed by atoms with Crippen LogP contribution in [0.5, 0.6) is 0 Å². The third-order valence-electron chi connectivity index (χ3n) is 4.76. The van der Waals surface area contributed by atoms with Crippen molar-refractivity contribution in [2.75, 3.05) is 20.1 Å². The minimum absolute atomic E-state index is 0.446. The zero-order valence-electron chi connectivity index (χ0n) is 11.4. The van der Waals surface area contributed by atoms with Crippen LogP contribution < -0.4 is 5.32 Å². The Morgan fingerprint density at radius 1 is 1.22 bits per heavy atom. The van der Waals surface area contributed by atoms with E-state index in [2.05, 4.69) is 47.6 Å². The van der Waals surface area contributed by atoms with E-state index in [4.69, 9.17) is 0 Å². The summed E-state index contributed by atoms with van der Waals surface area (Å²) in [5.74, 6) is 0. The summed E-state index contributed by atoms with van der Waals surface area (Å²) in [4.78, 5) is 2.58. The molecule has 0 radical (unpaired) electrons. The lowest BCUT2D eigenvalue weighted by Gasteiger charge is -2.45. The van der Waals surface area contributed by atoms with Gasteiger partial charge >= 0.3 is 0 Å². The number of piperazine rings is 1. The van der Waals surface area contributed by atoms with E-state index >= 15 is 0 Å². The maximum absolute atomic E-state index is 3.85. The van der Waals surface area contributed by atoms with E-state index in [1.165, 1.54) is 44.2 Å². The first-order valence-electron chi connectivity index (χ1n) is 7.27. The van der Waals surface area contributed by atoms with Crippen molar-refractivity contribution in [3.05, 3.63) is 35.9 Å². The molecule has 0 bridgehead atoms. The third kappa shape index (κ3) is 2.45. The van der Waals surface area contributed by atoms with Crippen molar-refractivity contribution in [1.29, 1.82) is 0 Å². The lowest BCUT2D eigenvalue weighted by atomic mass is 9.91. The predicted octanol–water partition coefficient (Wildman–Crippen LogP) is 2.45. The number of nitrogens with zero attached hydrogens (tertiary/aromatic N) is 1. The second kappa shape index (κ2) is 5.02. The molecule has 3 rings (SSSR count). The molecule has 1 atom stereocenters. The largest absolute Gasteiger partial charge is 0.308 e. The molecule has 2 fully saturated rings. The molecule has 2 aliphatic rings. The van der Waals surface area contributed by atoms with Crippen LogP contribution in [-0.2, 0) is 6.42 Å². The lowest BCUT2D eigenvalue weighted by molar-refractivity contribution is 0.105. The molecule has 1 N–H and O–H groups in total. The SMILES string of the molecule is CN1CC2(CCCC2)NCC1Cc1ccccc1. The van der Waals surface area contributed by atoms with Crippen LogP contribution in [0.1, 0.15) is 31.2 Å². The second-order valence-corrected chi connectivity index (χ2v) is 6.13. The summed E-state index contributed by atoms with van der Waals surface area (Å²) < 4.78 is 0. The van der Waals surface area contributed by atoms with Gasteiger partial charge in [0.15, 0.2) is 0 Å². The Morgan fingerprint density at radius 3 is 2.61 bits per heavy atom. The first kappa shape index (κ1) is 12.2. The minimum Gasteiger partial charge on any atom is -0.308 e. The molecule has 98 valence electrons. The van der Waals surface area contributed by atoms with E-state index in [9.17, 15) is 0 Å². The molecule has 0 aromatic heterocycles. The van der Waals surface area contributed by atoms with Crippen molar-refractivity contribution >= 4 is 0 Å². The Labute approximate surface area is 110 Å². The normalized spacial score (nSPS) is 27.7. The maximum atomic E-state index is 3.85. The molecule has 1 saturated carbocycles. The summed E-state index contributed by atoms with van der Waals surface area (Å²) >= 11 is 0. The van der Waals surface area contributed by atoms with Gasteiger partial charge in [0.05, 0.1) is 0 Å². The molecule has 1 aliphatic carbocycles. The van der Waals surface area contributed by atoms with Gasteiger partial charge in [0.2, 0.25) is 0 Å². The van der Waals surface area contributed by atoms with E-state index in [1.807, 2.05) is 0 Å². The standard InChI is InChI=1S/C16H24N2/c1-18-13-16(9-5-6-10-16)17-12-15(18)11-14-7-3-2-4-8-14/h2-4,7-8,15,17H,5-6,9-13H2,1H3. The van der Waals surface area contributed by atoms with Crippen LogP contribution >= 0.6 is 0 Å². The van der Waals surface area contributed by atoms with Crippen molar-refractivity contribution in [3.8, 4) is 0 Å². The Bertz CT molecular complexity index is 381. The number of nitrogens with one attached hydrogen (secondary N) is 1. The van der Waals surface area contributed by atoms with E-state index in [0.717, 1.165) is 6.54 Å². The van der Waals surface area contributed by atoms with Crippen molar-refractivity contribution in [2.45, 2.75) is 43.7 Å². The van der Waals surface area contributed by atoms with Gasteiger partial charge in [-0.1, -0.05) is 43.2 Å². The van der Waals surface area contributed by atoms with Crippen molar-refractivity contribution in [3.63, 3.8) is 0 Å². The fourth-order valence-corrected chi connectivity index (χ4v) is 3.65. The van der Waals surface area contributed by atoms with Gasteiger partial charge in [-0.05, 0) is 31.9 Å². The monoisotopic (exact) mass is 244 g/mol. The van der Waals surface area contributed by atoms with Crippen molar-refractivity contribution in [2.24, 2.45) is 0 Å². The van der Waals surface area contributed by atoms with Gasteiger partial charge in [-0.3, -0.25) is 4.90 Å². The van der Waals surface area contributed by atoms with E-state index in [1.54, 1.807) is 0 Å². The smallest absolute Gasteiger partial charge is 0.0309 e. The molecule has 1 heterocycles. The Kier molecular flexibility index (Phi) is 3.40. The highest BCUT2D eigenvalue weighted by Gasteiger charge is 2.39. The zero-order valence-corrected chi connectivity index (χ0v) is 11.4. The molecule has 18 heavy (non-hydrogen) atoms. The van der Waals surface area contributed by atoms with Crippen LogP contribution in [0.15, 0.2) is 30.3 Å². The highest BCUT2D eigenvalue weighted by Crippen LogP contribution is 2.33. The average molecular weight is 244 g/mol. The molecule has 1 unspecified atom stereocenters. The highest BCUT2D eigenvalue weighted by atomic mass is 15.2. The van der Waals surface area contributed by atoms with Crippen LogP contribution in [0.25, 0.3) is 0 Å². The molecule has 0 amide bonds. The first-order valence-corrected chi connectivity index (χ1v) is 7.27. The predicted molar refractivity (Wildman–Crippen MR) is 75.8 cm³/mol. The van der Waals surface area contributed by atoms with Crippen LogP contribution in [-0.4, -0.2) is 36.6 Å². The molecular weight excluding hydrogens is 220 g/mol. The second-order valence-electron chi connectivity index (χ2n) is 6.13. The number of benzene rings is 1. The fraction of sp³-hybridized carbons (Fsp3) is 0.625. The lowest BCUT2D eigenvalue weighted by Crippen LogP contribution is -2.62. The molecule has 1 aliphatic heterocycles. The number of likely N-dealkylation sites (N-methyl/N-ethyl adjacent to an activating group) is 1. The van der Waals surface area contributed by atoms with Gasteiger partial charge in [0, 0.05) is 24.7 Å².